The second-order valence-electron chi connectivity index (χ2n) is 10.9. The van der Waals surface area contributed by atoms with E-state index in [0.717, 1.165) is 64.6 Å². The molecule has 0 amide bonds. The Kier molecular flexibility index (Phi) is 6.66. The maximum Gasteiger partial charge on any atom is 0.0638 e. The first-order valence-corrected chi connectivity index (χ1v) is 16.9. The molecule has 8 rings (SSSR count). The fourth-order valence-corrected chi connectivity index (χ4v) is 8.34. The Balaban J connectivity index is 1.25. The predicted octanol–water partition coefficient (Wildman–Crippen LogP) is 13.6. The highest BCUT2D eigenvalue weighted by molar-refractivity contribution is 7.99. The van der Waals surface area contributed by atoms with Crippen molar-refractivity contribution >= 4 is 66.2 Å². The van der Waals surface area contributed by atoms with E-state index in [-0.39, 0.29) is 24.2 Å². The summed E-state index contributed by atoms with van der Waals surface area (Å²) < 4.78 is 35.0. The summed E-state index contributed by atoms with van der Waals surface area (Å²) in [4.78, 5) is 1.88. The first-order chi connectivity index (χ1) is 24.4. The molecule has 0 unspecified atom stereocenters. The van der Waals surface area contributed by atoms with E-state index in [1.165, 1.54) is 11.3 Å². The molecular weight excluding hydrogens is 618 g/mol. The number of thiophene rings is 1. The second-order valence-corrected chi connectivity index (χ2v) is 13.5. The van der Waals surface area contributed by atoms with Crippen molar-refractivity contribution in [2.75, 3.05) is 5.32 Å². The molecule has 1 nitrogen and oxygen atoms in total. The van der Waals surface area contributed by atoms with Crippen LogP contribution in [0.15, 0.2) is 173 Å². The van der Waals surface area contributed by atoms with Gasteiger partial charge in [-0.05, 0) is 64.7 Å². The van der Waals surface area contributed by atoms with Gasteiger partial charge in [-0.15, -0.1) is 11.3 Å². The smallest absolute Gasteiger partial charge is 0.0638 e. The van der Waals surface area contributed by atoms with Crippen molar-refractivity contribution in [3.8, 4) is 33.4 Å². The summed E-state index contributed by atoms with van der Waals surface area (Å²) in [5.74, 6) is 0. The first-order valence-electron chi connectivity index (χ1n) is 16.9. The van der Waals surface area contributed by atoms with Gasteiger partial charge in [0.1, 0.15) is 0 Å². The van der Waals surface area contributed by atoms with Gasteiger partial charge in [0.25, 0.3) is 0 Å². The fraction of sp³-hybridized carbons (Fsp3) is 0. The van der Waals surface area contributed by atoms with Crippen molar-refractivity contribution in [1.29, 1.82) is 0 Å². The highest BCUT2D eigenvalue weighted by atomic mass is 35.5. The molecule has 7 aromatic carbocycles. The van der Waals surface area contributed by atoms with Gasteiger partial charge in [0.2, 0.25) is 0 Å². The third-order valence-corrected chi connectivity index (χ3v) is 10.4. The van der Waals surface area contributed by atoms with Crippen LogP contribution in [0.4, 0.5) is 11.4 Å². The standard InChI is InChI=1S/C42H28ClNS2/c43-32-25-33(27-34(26-32)45-40-22-12-20-36-35-19-10-11-21-39(35)46-42(36)40)44-41-37(29-15-6-2-7-16-29)23-31(28-13-4-1-5-14-28)24-38(41)30-17-8-3-9-18-30/h1-27,44H/i10D,11D,19D,21D. The van der Waals surface area contributed by atoms with Crippen LogP contribution in [0.2, 0.25) is 5.02 Å². The van der Waals surface area contributed by atoms with Gasteiger partial charge in [0, 0.05) is 51.8 Å². The van der Waals surface area contributed by atoms with Crippen LogP contribution >= 0.6 is 34.7 Å². The monoisotopic (exact) mass is 649 g/mol. The minimum Gasteiger partial charge on any atom is -0.354 e. The second kappa shape index (κ2) is 12.5. The molecule has 0 saturated carbocycles. The summed E-state index contributed by atoms with van der Waals surface area (Å²) in [5.41, 5.74) is 8.37. The quantitative estimate of drug-likeness (QED) is 0.184. The molecular formula is C42H28ClNS2. The number of benzene rings is 7. The number of nitrogens with one attached hydrogen (secondary N) is 1. The summed E-state index contributed by atoms with van der Waals surface area (Å²) in [6.45, 7) is 0. The van der Waals surface area contributed by atoms with E-state index in [9.17, 15) is 0 Å². The lowest BCUT2D eigenvalue weighted by Crippen LogP contribution is -1.98. The van der Waals surface area contributed by atoms with E-state index in [4.69, 9.17) is 17.1 Å². The normalized spacial score (nSPS) is 12.5. The molecule has 0 aliphatic carbocycles. The van der Waals surface area contributed by atoms with E-state index in [2.05, 4.69) is 96.3 Å². The molecule has 0 aliphatic rings. The van der Waals surface area contributed by atoms with Gasteiger partial charge in [-0.25, -0.2) is 0 Å². The molecule has 0 spiro atoms. The predicted molar refractivity (Wildman–Crippen MR) is 201 cm³/mol. The zero-order valence-corrected chi connectivity index (χ0v) is 26.9. The number of halogens is 1. The van der Waals surface area contributed by atoms with Gasteiger partial charge in [0.05, 0.1) is 11.2 Å². The average molecular weight is 650 g/mol. The van der Waals surface area contributed by atoms with Crippen LogP contribution in [0, 0.1) is 0 Å². The third-order valence-electron chi connectivity index (χ3n) is 7.89. The molecule has 0 aliphatic heterocycles. The SMILES string of the molecule is [2H]c1c([2H])c([2H])c2c(sc3c(Sc4cc(Cl)cc(Nc5c(-c6ccccc6)cc(-c6ccccc6)cc5-c5ccccc5)c4)cccc32)c1[2H]. The topological polar surface area (TPSA) is 12.0 Å². The van der Waals surface area contributed by atoms with Gasteiger partial charge in [-0.3, -0.25) is 0 Å². The van der Waals surface area contributed by atoms with Crippen LogP contribution in [0.25, 0.3) is 53.6 Å². The summed E-state index contributed by atoms with van der Waals surface area (Å²) in [5, 5.41) is 5.75. The molecule has 0 radical (unpaired) electrons. The number of anilines is 2. The van der Waals surface area contributed by atoms with Gasteiger partial charge in [-0.2, -0.15) is 0 Å². The maximum absolute atomic E-state index is 8.58. The molecule has 1 heterocycles. The molecule has 0 saturated heterocycles. The Morgan fingerprint density at radius 3 is 1.89 bits per heavy atom. The number of hydrogen-bond donors (Lipinski definition) is 1. The van der Waals surface area contributed by atoms with Crippen LogP contribution in [0.3, 0.4) is 0 Å². The number of hydrogen-bond acceptors (Lipinski definition) is 3. The van der Waals surface area contributed by atoms with E-state index >= 15 is 0 Å². The highest BCUT2D eigenvalue weighted by Crippen LogP contribution is 2.45. The Bertz CT molecular complexity index is 2480. The van der Waals surface area contributed by atoms with E-state index < -0.39 is 0 Å². The summed E-state index contributed by atoms with van der Waals surface area (Å²) in [7, 11) is 0. The Morgan fingerprint density at radius 1 is 0.587 bits per heavy atom. The summed E-state index contributed by atoms with van der Waals surface area (Å²) in [6.07, 6.45) is 0. The lowest BCUT2D eigenvalue weighted by atomic mass is 9.91. The van der Waals surface area contributed by atoms with Gasteiger partial charge >= 0.3 is 0 Å². The molecule has 1 aromatic heterocycles. The first kappa shape index (κ1) is 24.4. The van der Waals surface area contributed by atoms with Crippen LogP contribution in [-0.4, -0.2) is 0 Å². The maximum atomic E-state index is 8.58. The van der Waals surface area contributed by atoms with E-state index in [0.29, 0.717) is 15.1 Å². The van der Waals surface area contributed by atoms with Crippen LogP contribution < -0.4 is 5.32 Å². The van der Waals surface area contributed by atoms with Crippen molar-refractivity contribution in [2.45, 2.75) is 9.79 Å². The van der Waals surface area contributed by atoms with Crippen molar-refractivity contribution in [3.05, 3.63) is 169 Å². The van der Waals surface area contributed by atoms with Crippen molar-refractivity contribution < 1.29 is 5.48 Å². The third kappa shape index (κ3) is 5.70. The van der Waals surface area contributed by atoms with Crippen LogP contribution in [0.5, 0.6) is 0 Å². The molecule has 0 bridgehead atoms. The lowest BCUT2D eigenvalue weighted by molar-refractivity contribution is 1.42. The molecule has 4 heteroatoms. The van der Waals surface area contributed by atoms with Crippen LogP contribution in [0.1, 0.15) is 5.48 Å². The minimum absolute atomic E-state index is 0.00545. The van der Waals surface area contributed by atoms with Crippen LogP contribution in [-0.2, 0) is 0 Å². The van der Waals surface area contributed by atoms with Crippen molar-refractivity contribution in [2.24, 2.45) is 0 Å². The van der Waals surface area contributed by atoms with Gasteiger partial charge < -0.3 is 5.32 Å². The zero-order chi connectivity index (χ0) is 34.4. The lowest BCUT2D eigenvalue weighted by Gasteiger charge is -2.20. The van der Waals surface area contributed by atoms with E-state index in [1.807, 2.05) is 48.5 Å². The zero-order valence-electron chi connectivity index (χ0n) is 28.5. The Labute approximate surface area is 287 Å². The molecule has 0 atom stereocenters. The van der Waals surface area contributed by atoms with Crippen molar-refractivity contribution in [3.63, 3.8) is 0 Å². The summed E-state index contributed by atoms with van der Waals surface area (Å²) >= 11 is 9.78. The summed E-state index contributed by atoms with van der Waals surface area (Å²) in [6, 6.07) is 47.1. The molecule has 1 N–H and O–H groups in total. The minimum atomic E-state index is -0.215. The highest BCUT2D eigenvalue weighted by Gasteiger charge is 2.17. The van der Waals surface area contributed by atoms with Gasteiger partial charge in [0.15, 0.2) is 0 Å². The van der Waals surface area contributed by atoms with Crippen molar-refractivity contribution in [1.82, 2.24) is 0 Å². The largest absolute Gasteiger partial charge is 0.354 e. The molecule has 8 aromatic rings. The molecule has 220 valence electrons. The molecule has 46 heavy (non-hydrogen) atoms. The average Bonchev–Trinajstić information content (AvgIpc) is 3.55. The molecule has 0 fully saturated rings. The fourth-order valence-electron chi connectivity index (χ4n) is 5.80. The Hall–Kier alpha value is -4.80. The number of rotatable bonds is 7. The number of fused-ring (bicyclic) bond motifs is 3. The van der Waals surface area contributed by atoms with Gasteiger partial charge in [-0.1, -0.05) is 145 Å². The Morgan fingerprint density at radius 2 is 1.22 bits per heavy atom. The van der Waals surface area contributed by atoms with E-state index in [1.54, 1.807) is 11.8 Å².